The first-order valence-electron chi connectivity index (χ1n) is 8.96. The van der Waals surface area contributed by atoms with Crippen LogP contribution in [0, 0.1) is 0 Å². The van der Waals surface area contributed by atoms with E-state index in [1.165, 1.54) is 5.56 Å². The minimum absolute atomic E-state index is 0.438. The van der Waals surface area contributed by atoms with E-state index in [0.717, 1.165) is 12.0 Å². The lowest BCUT2D eigenvalue weighted by Crippen LogP contribution is -2.51. The zero-order chi connectivity index (χ0) is 18.4. The van der Waals surface area contributed by atoms with Crippen LogP contribution in [0.3, 0.4) is 0 Å². The average Bonchev–Trinajstić information content (AvgIpc) is 3.03. The van der Waals surface area contributed by atoms with Crippen LogP contribution in [-0.4, -0.2) is 18.7 Å². The summed E-state index contributed by atoms with van der Waals surface area (Å²) in [6.07, 6.45) is 0.128. The summed E-state index contributed by atoms with van der Waals surface area (Å²) in [5.41, 5.74) is 2.36. The molecule has 2 atom stereocenters. The number of nitrogens with one attached hydrogen (secondary N) is 1. The highest BCUT2D eigenvalue weighted by atomic mass is 16.9. The second kappa shape index (κ2) is 6.02. The van der Waals surface area contributed by atoms with Crippen molar-refractivity contribution in [3.8, 4) is 5.75 Å². The van der Waals surface area contributed by atoms with Crippen LogP contribution in [0.2, 0.25) is 0 Å². The van der Waals surface area contributed by atoms with Crippen molar-refractivity contribution in [3.05, 3.63) is 59.7 Å². The first-order valence-corrected chi connectivity index (χ1v) is 8.96. The van der Waals surface area contributed by atoms with E-state index in [4.69, 9.17) is 14.2 Å². The van der Waals surface area contributed by atoms with E-state index in [9.17, 15) is 4.79 Å². The largest absolute Gasteiger partial charge is 0.429 e. The summed E-state index contributed by atoms with van der Waals surface area (Å²) >= 11 is 0. The summed E-state index contributed by atoms with van der Waals surface area (Å²) in [5, 5.41) is 2.77. The van der Waals surface area contributed by atoms with E-state index < -0.39 is 17.5 Å². The normalized spacial score (nSPS) is 26.2. The molecule has 0 radical (unpaired) electrons. The lowest BCUT2D eigenvalue weighted by Gasteiger charge is -2.32. The van der Waals surface area contributed by atoms with Crippen LogP contribution in [0.25, 0.3) is 0 Å². The second-order valence-electron chi connectivity index (χ2n) is 7.38. The molecule has 1 saturated heterocycles. The zero-order valence-corrected chi connectivity index (χ0v) is 15.2. The van der Waals surface area contributed by atoms with Crippen molar-refractivity contribution >= 4 is 11.8 Å². The third-order valence-corrected chi connectivity index (χ3v) is 5.35. The number of fused-ring (bicyclic) bond motifs is 3. The molecule has 2 heterocycles. The maximum Gasteiger partial charge on any atom is 0.416 e. The molecule has 0 saturated carbocycles. The number of para-hydroxylation sites is 1. The Labute approximate surface area is 153 Å². The van der Waals surface area contributed by atoms with E-state index in [1.807, 2.05) is 55.5 Å². The van der Waals surface area contributed by atoms with E-state index >= 15 is 0 Å². The third-order valence-electron chi connectivity index (χ3n) is 5.35. The molecule has 0 aliphatic carbocycles. The van der Waals surface area contributed by atoms with Crippen LogP contribution in [0.4, 0.5) is 10.5 Å². The van der Waals surface area contributed by atoms with Gasteiger partial charge in [0.05, 0.1) is 6.61 Å². The summed E-state index contributed by atoms with van der Waals surface area (Å²) in [4.78, 5) is 12.5. The van der Waals surface area contributed by atoms with Gasteiger partial charge in [-0.3, -0.25) is 5.32 Å². The molecular weight excluding hydrogens is 330 g/mol. The van der Waals surface area contributed by atoms with Crippen molar-refractivity contribution in [3.63, 3.8) is 0 Å². The minimum atomic E-state index is -1.42. The van der Waals surface area contributed by atoms with E-state index in [-0.39, 0.29) is 0 Å². The van der Waals surface area contributed by atoms with Gasteiger partial charge in [-0.2, -0.15) is 0 Å². The van der Waals surface area contributed by atoms with Crippen molar-refractivity contribution < 1.29 is 19.0 Å². The Morgan fingerprint density at radius 2 is 1.88 bits per heavy atom. The topological polar surface area (TPSA) is 56.8 Å². The zero-order valence-electron chi connectivity index (χ0n) is 15.2. The van der Waals surface area contributed by atoms with Gasteiger partial charge in [0.1, 0.15) is 11.2 Å². The Hall–Kier alpha value is -2.53. The van der Waals surface area contributed by atoms with Crippen LogP contribution in [0.15, 0.2) is 48.5 Å². The van der Waals surface area contributed by atoms with Crippen molar-refractivity contribution in [1.29, 1.82) is 0 Å². The molecule has 2 aromatic carbocycles. The Bertz CT molecular complexity index is 832. The van der Waals surface area contributed by atoms with Crippen LogP contribution in [0.5, 0.6) is 5.75 Å². The van der Waals surface area contributed by atoms with Gasteiger partial charge in [0.2, 0.25) is 0 Å². The van der Waals surface area contributed by atoms with Gasteiger partial charge < -0.3 is 14.2 Å². The van der Waals surface area contributed by atoms with Crippen LogP contribution in [0.1, 0.15) is 44.2 Å². The van der Waals surface area contributed by atoms with Gasteiger partial charge in [0.25, 0.3) is 0 Å². The molecule has 4 rings (SSSR count). The number of hydrogen-bond acceptors (Lipinski definition) is 4. The van der Waals surface area contributed by atoms with Crippen molar-refractivity contribution in [2.75, 3.05) is 11.9 Å². The van der Waals surface area contributed by atoms with Gasteiger partial charge in [-0.05, 0) is 43.0 Å². The van der Waals surface area contributed by atoms with Gasteiger partial charge in [0, 0.05) is 11.3 Å². The summed E-state index contributed by atoms with van der Waals surface area (Å²) in [5.74, 6) is -0.282. The van der Waals surface area contributed by atoms with E-state index in [1.54, 1.807) is 0 Å². The van der Waals surface area contributed by atoms with E-state index in [2.05, 4.69) is 19.2 Å². The molecule has 0 spiro atoms. The summed E-state index contributed by atoms with van der Waals surface area (Å²) < 4.78 is 17.5. The molecule has 1 fully saturated rings. The number of carbonyl (C=O) groups is 1. The SMILES string of the molecule is CC(C)c1ccc(NC(=O)OC23OCC[C@]2(C)c2ccccc2O3)cc1. The van der Waals surface area contributed by atoms with Gasteiger partial charge >= 0.3 is 12.1 Å². The van der Waals surface area contributed by atoms with Crippen LogP contribution < -0.4 is 10.1 Å². The number of ether oxygens (including phenoxy) is 3. The minimum Gasteiger partial charge on any atom is -0.429 e. The number of carbonyl (C=O) groups excluding carboxylic acids is 1. The highest BCUT2D eigenvalue weighted by molar-refractivity contribution is 5.85. The fourth-order valence-electron chi connectivity index (χ4n) is 3.68. The predicted molar refractivity (Wildman–Crippen MR) is 98.4 cm³/mol. The van der Waals surface area contributed by atoms with Crippen LogP contribution >= 0.6 is 0 Å². The first-order chi connectivity index (χ1) is 12.4. The first kappa shape index (κ1) is 16.9. The number of benzene rings is 2. The molecule has 1 N–H and O–H groups in total. The Balaban J connectivity index is 1.52. The maximum atomic E-state index is 12.5. The molecule has 2 aliphatic rings. The van der Waals surface area contributed by atoms with Crippen LogP contribution in [-0.2, 0) is 14.9 Å². The van der Waals surface area contributed by atoms with Gasteiger partial charge in [0.15, 0.2) is 0 Å². The highest BCUT2D eigenvalue weighted by Gasteiger charge is 2.66. The molecule has 1 unspecified atom stereocenters. The molecule has 0 aromatic heterocycles. The second-order valence-corrected chi connectivity index (χ2v) is 7.38. The van der Waals surface area contributed by atoms with Crippen molar-refractivity contribution in [2.45, 2.75) is 44.5 Å². The maximum absolute atomic E-state index is 12.5. The smallest absolute Gasteiger partial charge is 0.416 e. The van der Waals surface area contributed by atoms with Gasteiger partial charge in [-0.25, -0.2) is 4.79 Å². The standard InChI is InChI=1S/C21H23NO4/c1-14(2)15-8-10-16(11-9-15)22-19(23)26-21-20(3,12-13-24-21)17-6-4-5-7-18(17)25-21/h4-11,14H,12-13H2,1-3H3,(H,22,23)/t20-,21?/m1/s1. The van der Waals surface area contributed by atoms with Crippen molar-refractivity contribution in [1.82, 2.24) is 0 Å². The lowest BCUT2D eigenvalue weighted by atomic mass is 9.80. The summed E-state index contributed by atoms with van der Waals surface area (Å²) in [6.45, 7) is 6.74. The van der Waals surface area contributed by atoms with Gasteiger partial charge in [-0.1, -0.05) is 44.2 Å². The molecule has 1 amide bonds. The predicted octanol–water partition coefficient (Wildman–Crippen LogP) is 4.78. The lowest BCUT2D eigenvalue weighted by molar-refractivity contribution is -0.304. The quantitative estimate of drug-likeness (QED) is 0.862. The number of amides is 1. The molecule has 5 nitrogen and oxygen atoms in total. The molecular formula is C21H23NO4. The third kappa shape index (κ3) is 2.54. The number of anilines is 1. The Morgan fingerprint density at radius 3 is 2.62 bits per heavy atom. The Kier molecular flexibility index (Phi) is 3.92. The monoisotopic (exact) mass is 353 g/mol. The summed E-state index contributed by atoms with van der Waals surface area (Å²) in [6, 6.07) is 15.5. The average molecular weight is 353 g/mol. The molecule has 26 heavy (non-hydrogen) atoms. The van der Waals surface area contributed by atoms with Crippen molar-refractivity contribution in [2.24, 2.45) is 0 Å². The molecule has 2 aromatic rings. The fourth-order valence-corrected chi connectivity index (χ4v) is 3.68. The molecule has 5 heteroatoms. The van der Waals surface area contributed by atoms with E-state index in [0.29, 0.717) is 24.0 Å². The van der Waals surface area contributed by atoms with Gasteiger partial charge in [-0.15, -0.1) is 0 Å². The molecule has 0 bridgehead atoms. The fraction of sp³-hybridized carbons (Fsp3) is 0.381. The summed E-state index contributed by atoms with van der Waals surface area (Å²) in [7, 11) is 0. The molecule has 2 aliphatic heterocycles. The highest BCUT2D eigenvalue weighted by Crippen LogP contribution is 2.55. The molecule has 136 valence electrons. The Morgan fingerprint density at radius 1 is 1.15 bits per heavy atom. The number of hydrogen-bond donors (Lipinski definition) is 1. The number of rotatable bonds is 3.